The number of hydrogen-bond donors (Lipinski definition) is 0. The van der Waals surface area contributed by atoms with E-state index in [9.17, 15) is 14.9 Å². The Labute approximate surface area is 116 Å². The third-order valence-corrected chi connectivity index (χ3v) is 3.05. The first kappa shape index (κ1) is 14.2. The lowest BCUT2D eigenvalue weighted by Crippen LogP contribution is -2.34. The molecule has 0 unspecified atom stereocenters. The molecule has 1 heterocycles. The summed E-state index contributed by atoms with van der Waals surface area (Å²) in [6.07, 6.45) is 3.39. The Hall–Kier alpha value is -2.18. The van der Waals surface area contributed by atoms with Gasteiger partial charge in [-0.25, -0.2) is 4.98 Å². The Morgan fingerprint density at radius 2 is 2.30 bits per heavy atom. The van der Waals surface area contributed by atoms with Gasteiger partial charge in [-0.1, -0.05) is 0 Å². The summed E-state index contributed by atoms with van der Waals surface area (Å²) < 4.78 is 4.92. The van der Waals surface area contributed by atoms with E-state index in [1.807, 2.05) is 0 Å². The van der Waals surface area contributed by atoms with Crippen molar-refractivity contribution in [2.24, 2.45) is 0 Å². The van der Waals surface area contributed by atoms with Crippen LogP contribution in [0.4, 0.5) is 11.5 Å². The first-order valence-corrected chi connectivity index (χ1v) is 6.56. The van der Waals surface area contributed by atoms with Crippen molar-refractivity contribution in [2.75, 3.05) is 18.1 Å². The third kappa shape index (κ3) is 3.23. The van der Waals surface area contributed by atoms with Gasteiger partial charge in [-0.05, 0) is 32.3 Å². The van der Waals surface area contributed by atoms with Gasteiger partial charge in [0, 0.05) is 18.3 Å². The average molecular weight is 279 g/mol. The summed E-state index contributed by atoms with van der Waals surface area (Å²) in [6.45, 7) is 3.76. The van der Waals surface area contributed by atoms with Crippen LogP contribution >= 0.6 is 0 Å². The van der Waals surface area contributed by atoms with Crippen molar-refractivity contribution in [1.29, 1.82) is 0 Å². The van der Waals surface area contributed by atoms with Gasteiger partial charge in [0.1, 0.15) is 6.54 Å². The quantitative estimate of drug-likeness (QED) is 0.448. The van der Waals surface area contributed by atoms with E-state index in [1.165, 1.54) is 6.07 Å². The average Bonchev–Trinajstić information content (AvgIpc) is 3.20. The molecule has 20 heavy (non-hydrogen) atoms. The zero-order valence-corrected chi connectivity index (χ0v) is 11.5. The highest BCUT2D eigenvalue weighted by Crippen LogP contribution is 2.35. The second-order valence-electron chi connectivity index (χ2n) is 4.78. The molecule has 0 saturated heterocycles. The number of rotatable bonds is 6. The van der Waals surface area contributed by atoms with Gasteiger partial charge in [0.05, 0.1) is 11.5 Å². The maximum atomic E-state index is 11.6. The minimum absolute atomic E-state index is 0.00456. The molecule has 108 valence electrons. The van der Waals surface area contributed by atoms with E-state index in [0.29, 0.717) is 12.2 Å². The number of anilines is 1. The monoisotopic (exact) mass is 279 g/mol. The first-order chi connectivity index (χ1) is 9.52. The fraction of sp³-hybridized carbons (Fsp3) is 0.538. The molecule has 1 aromatic rings. The molecule has 0 amide bonds. The zero-order valence-electron chi connectivity index (χ0n) is 11.5. The van der Waals surface area contributed by atoms with E-state index in [2.05, 4.69) is 4.98 Å². The second-order valence-corrected chi connectivity index (χ2v) is 4.78. The maximum absolute atomic E-state index is 11.6. The molecular weight excluding hydrogens is 262 g/mol. The molecule has 0 spiro atoms. The Bertz CT molecular complexity index is 528. The predicted molar refractivity (Wildman–Crippen MR) is 72.6 cm³/mol. The molecule has 0 aromatic carbocycles. The molecule has 0 atom stereocenters. The van der Waals surface area contributed by atoms with Crippen molar-refractivity contribution in [1.82, 2.24) is 4.98 Å². The lowest BCUT2D eigenvalue weighted by molar-refractivity contribution is -0.384. The summed E-state index contributed by atoms with van der Waals surface area (Å²) in [5, 5.41) is 11.2. The number of esters is 1. The molecule has 1 saturated carbocycles. The molecular formula is C13H17N3O4. The van der Waals surface area contributed by atoms with Crippen molar-refractivity contribution in [3.05, 3.63) is 27.9 Å². The van der Waals surface area contributed by atoms with Crippen LogP contribution in [-0.2, 0) is 9.53 Å². The Morgan fingerprint density at radius 1 is 1.60 bits per heavy atom. The molecule has 1 fully saturated rings. The van der Waals surface area contributed by atoms with Gasteiger partial charge in [0.25, 0.3) is 0 Å². The molecule has 0 aliphatic heterocycles. The summed E-state index contributed by atoms with van der Waals surface area (Å²) in [5.74, 6) is -0.146. The number of carbonyl (C=O) groups is 1. The molecule has 2 rings (SSSR count). The summed E-state index contributed by atoms with van der Waals surface area (Å²) in [5.41, 5.74) is 0.647. The fourth-order valence-electron chi connectivity index (χ4n) is 2.01. The molecule has 7 nitrogen and oxygen atoms in total. The number of pyridine rings is 1. The number of nitro groups is 1. The van der Waals surface area contributed by atoms with Crippen molar-refractivity contribution in [3.8, 4) is 0 Å². The van der Waals surface area contributed by atoms with Gasteiger partial charge in [-0.3, -0.25) is 14.9 Å². The fourth-order valence-corrected chi connectivity index (χ4v) is 2.01. The van der Waals surface area contributed by atoms with Crippen LogP contribution in [0, 0.1) is 17.0 Å². The molecule has 7 heteroatoms. The van der Waals surface area contributed by atoms with Crippen LogP contribution in [0.15, 0.2) is 12.3 Å². The number of aromatic nitrogens is 1. The lowest BCUT2D eigenvalue weighted by atomic mass is 10.2. The van der Waals surface area contributed by atoms with Crippen molar-refractivity contribution in [3.63, 3.8) is 0 Å². The van der Waals surface area contributed by atoms with Crippen LogP contribution in [0.2, 0.25) is 0 Å². The minimum Gasteiger partial charge on any atom is -0.465 e. The number of carbonyl (C=O) groups excluding carboxylic acids is 1. The minimum atomic E-state index is -0.462. The van der Waals surface area contributed by atoms with Crippen molar-refractivity contribution >= 4 is 17.5 Å². The Morgan fingerprint density at radius 3 is 2.85 bits per heavy atom. The van der Waals surface area contributed by atoms with Crippen LogP contribution in [0.25, 0.3) is 0 Å². The van der Waals surface area contributed by atoms with Gasteiger partial charge in [-0.2, -0.15) is 0 Å². The Kier molecular flexibility index (Phi) is 4.16. The lowest BCUT2D eigenvalue weighted by Gasteiger charge is -2.22. The summed E-state index contributed by atoms with van der Waals surface area (Å²) >= 11 is 0. The van der Waals surface area contributed by atoms with E-state index >= 15 is 0 Å². The van der Waals surface area contributed by atoms with Gasteiger partial charge in [0.2, 0.25) is 5.82 Å². The normalized spacial score (nSPS) is 13.9. The highest BCUT2D eigenvalue weighted by molar-refractivity contribution is 5.77. The van der Waals surface area contributed by atoms with Gasteiger partial charge >= 0.3 is 11.7 Å². The molecule has 0 radical (unpaired) electrons. The van der Waals surface area contributed by atoms with Crippen molar-refractivity contribution < 1.29 is 14.5 Å². The van der Waals surface area contributed by atoms with Gasteiger partial charge < -0.3 is 9.64 Å². The van der Waals surface area contributed by atoms with Crippen LogP contribution in [-0.4, -0.2) is 35.1 Å². The summed E-state index contributed by atoms with van der Waals surface area (Å²) in [4.78, 5) is 28.2. The number of ether oxygens (including phenoxy) is 1. The van der Waals surface area contributed by atoms with E-state index in [0.717, 1.165) is 12.8 Å². The van der Waals surface area contributed by atoms with Crippen LogP contribution in [0.3, 0.4) is 0 Å². The maximum Gasteiger partial charge on any atom is 0.325 e. The number of aryl methyl sites for hydroxylation is 1. The van der Waals surface area contributed by atoms with Gasteiger partial charge in [-0.15, -0.1) is 0 Å². The third-order valence-electron chi connectivity index (χ3n) is 3.05. The second kappa shape index (κ2) is 5.85. The SMILES string of the molecule is CCOC(=O)CN(c1ncc(C)cc1[N+](=O)[O-])C1CC1. The largest absolute Gasteiger partial charge is 0.465 e. The molecule has 0 N–H and O–H groups in total. The molecule has 0 bridgehead atoms. The summed E-state index contributed by atoms with van der Waals surface area (Å²) in [6, 6.07) is 1.61. The van der Waals surface area contributed by atoms with E-state index in [-0.39, 0.29) is 24.1 Å². The van der Waals surface area contributed by atoms with Crippen molar-refractivity contribution in [2.45, 2.75) is 32.7 Å². The number of nitrogens with zero attached hydrogens (tertiary/aromatic N) is 3. The number of hydrogen-bond acceptors (Lipinski definition) is 6. The zero-order chi connectivity index (χ0) is 14.7. The van der Waals surface area contributed by atoms with E-state index in [1.54, 1.807) is 24.9 Å². The standard InChI is InChI=1S/C13H17N3O4/c1-3-20-12(17)8-15(10-4-5-10)13-11(16(18)19)6-9(2)7-14-13/h6-7,10H,3-5,8H2,1-2H3. The Balaban J connectivity index is 2.29. The summed E-state index contributed by atoms with van der Waals surface area (Å²) in [7, 11) is 0. The topological polar surface area (TPSA) is 85.6 Å². The molecule has 1 aromatic heterocycles. The van der Waals surface area contributed by atoms with Crippen LogP contribution in [0.1, 0.15) is 25.3 Å². The van der Waals surface area contributed by atoms with E-state index < -0.39 is 10.9 Å². The van der Waals surface area contributed by atoms with Crippen LogP contribution in [0.5, 0.6) is 0 Å². The van der Waals surface area contributed by atoms with E-state index in [4.69, 9.17) is 4.74 Å². The highest BCUT2D eigenvalue weighted by Gasteiger charge is 2.35. The highest BCUT2D eigenvalue weighted by atomic mass is 16.6. The molecule has 1 aliphatic rings. The smallest absolute Gasteiger partial charge is 0.325 e. The molecule has 1 aliphatic carbocycles. The van der Waals surface area contributed by atoms with Crippen LogP contribution < -0.4 is 4.90 Å². The predicted octanol–water partition coefficient (Wildman–Crippen LogP) is 1.83. The van der Waals surface area contributed by atoms with Gasteiger partial charge in [0.15, 0.2) is 0 Å². The first-order valence-electron chi connectivity index (χ1n) is 6.56.